The molecular formula is C23H27N7O2. The third-order valence-corrected chi connectivity index (χ3v) is 5.34. The molecule has 0 saturated heterocycles. The number of nitrogens with two attached hydrogens (primary N) is 1. The largest absolute Gasteiger partial charge is 0.439 e. The molecule has 9 nitrogen and oxygen atoms in total. The first kappa shape index (κ1) is 21.5. The topological polar surface area (TPSA) is 131 Å². The number of carbonyl (C=O) groups excluding carboxylic acids is 1. The van der Waals surface area contributed by atoms with Crippen molar-refractivity contribution in [3.8, 4) is 11.6 Å². The summed E-state index contributed by atoms with van der Waals surface area (Å²) in [6.45, 7) is 7.40. The average Bonchev–Trinajstić information content (AvgIpc) is 3.16. The Hall–Kier alpha value is -3.72. The third-order valence-electron chi connectivity index (χ3n) is 5.34. The number of nitrogens with zero attached hydrogens (tertiary/aromatic N) is 3. The molecule has 9 heteroatoms. The van der Waals surface area contributed by atoms with E-state index in [4.69, 9.17) is 15.9 Å². The Morgan fingerprint density at radius 2 is 2.12 bits per heavy atom. The molecule has 1 aliphatic heterocycles. The quantitative estimate of drug-likeness (QED) is 0.370. The second-order valence-corrected chi connectivity index (χ2v) is 8.73. The molecule has 0 atom stereocenters. The van der Waals surface area contributed by atoms with Gasteiger partial charge in [-0.2, -0.15) is 0 Å². The molecule has 0 saturated carbocycles. The zero-order valence-electron chi connectivity index (χ0n) is 18.4. The lowest BCUT2D eigenvalue weighted by Crippen LogP contribution is -2.33. The predicted octanol–water partition coefficient (Wildman–Crippen LogP) is 3.29. The molecule has 166 valence electrons. The number of fused-ring (bicyclic) bond motifs is 2. The second kappa shape index (κ2) is 8.43. The summed E-state index contributed by atoms with van der Waals surface area (Å²) < 4.78 is 7.50. The maximum atomic E-state index is 12.7. The summed E-state index contributed by atoms with van der Waals surface area (Å²) in [6.07, 6.45) is 5.44. The number of ether oxygens (including phenoxy) is 1. The smallest absolute Gasteiger partial charge is 0.331 e. The number of hydrogen-bond acceptors (Lipinski definition) is 7. The van der Waals surface area contributed by atoms with Gasteiger partial charge in [-0.25, -0.2) is 14.8 Å². The van der Waals surface area contributed by atoms with Gasteiger partial charge in [0, 0.05) is 34.8 Å². The Balaban J connectivity index is 1.52. The Morgan fingerprint density at radius 3 is 2.91 bits per heavy atom. The maximum Gasteiger partial charge on any atom is 0.331 e. The second-order valence-electron chi connectivity index (χ2n) is 8.73. The van der Waals surface area contributed by atoms with Crippen molar-refractivity contribution in [3.05, 3.63) is 59.8 Å². The first-order chi connectivity index (χ1) is 15.2. The molecule has 2 aromatic heterocycles. The fourth-order valence-electron chi connectivity index (χ4n) is 3.40. The number of rotatable bonds is 3. The van der Waals surface area contributed by atoms with Crippen LogP contribution in [0.5, 0.6) is 11.6 Å². The van der Waals surface area contributed by atoms with Gasteiger partial charge in [0.1, 0.15) is 17.9 Å². The molecule has 32 heavy (non-hydrogen) atoms. The summed E-state index contributed by atoms with van der Waals surface area (Å²) in [4.78, 5) is 21.3. The Bertz CT molecular complexity index is 1220. The van der Waals surface area contributed by atoms with Gasteiger partial charge in [-0.1, -0.05) is 20.8 Å². The molecular weight excluding hydrogens is 406 g/mol. The van der Waals surface area contributed by atoms with E-state index in [-0.39, 0.29) is 11.3 Å². The van der Waals surface area contributed by atoms with Crippen LogP contribution in [0.15, 0.2) is 48.6 Å². The van der Waals surface area contributed by atoms with Gasteiger partial charge in [0.05, 0.1) is 11.2 Å². The number of carbonyl (C=O) groups is 1. The first-order valence-corrected chi connectivity index (χ1v) is 10.4. The molecule has 0 aliphatic carbocycles. The van der Waals surface area contributed by atoms with Crippen molar-refractivity contribution in [2.24, 2.45) is 11.1 Å². The highest BCUT2D eigenvalue weighted by molar-refractivity contribution is 6.05. The number of allylic oxidation sites excluding steroid dienone is 1. The molecule has 0 spiro atoms. The van der Waals surface area contributed by atoms with Crippen molar-refractivity contribution in [2.45, 2.75) is 33.7 Å². The van der Waals surface area contributed by atoms with Crippen LogP contribution in [0.25, 0.3) is 10.9 Å². The maximum absolute atomic E-state index is 12.7. The summed E-state index contributed by atoms with van der Waals surface area (Å²) in [5, 5.41) is 14.7. The minimum absolute atomic E-state index is 0.0627. The summed E-state index contributed by atoms with van der Waals surface area (Å²) in [7, 11) is 0. The Morgan fingerprint density at radius 1 is 1.31 bits per heavy atom. The molecule has 5 N–H and O–H groups in total. The van der Waals surface area contributed by atoms with Gasteiger partial charge >= 0.3 is 6.03 Å². The van der Waals surface area contributed by atoms with Crippen LogP contribution in [0.1, 0.15) is 32.0 Å². The summed E-state index contributed by atoms with van der Waals surface area (Å²) >= 11 is 0. The van der Waals surface area contributed by atoms with Gasteiger partial charge < -0.3 is 15.8 Å². The van der Waals surface area contributed by atoms with E-state index in [9.17, 15) is 4.79 Å². The van der Waals surface area contributed by atoms with E-state index in [0.29, 0.717) is 29.4 Å². The standard InChI is InChI=1S/C23H27N7O2/c1-23(2,3)19(24)11-20(25)29-22(31)30-9-7-14-10-15(4-5-18(14)30)32-21-16-6-8-26-12-17(16)27-13-28-21/h4-5,7,9-11,13,26H,6,8,12,24H2,1-3H3,(H2,25,29,31)/b19-11-. The van der Waals surface area contributed by atoms with Gasteiger partial charge in [-0.15, -0.1) is 0 Å². The zero-order valence-corrected chi connectivity index (χ0v) is 18.4. The normalized spacial score (nSPS) is 14.2. The van der Waals surface area contributed by atoms with Crippen LogP contribution in [0.4, 0.5) is 4.79 Å². The van der Waals surface area contributed by atoms with Gasteiger partial charge in [0.15, 0.2) is 0 Å². The van der Waals surface area contributed by atoms with E-state index in [2.05, 4.69) is 20.6 Å². The Kier molecular flexibility index (Phi) is 5.67. The summed E-state index contributed by atoms with van der Waals surface area (Å²) in [6, 6.07) is 6.85. The highest BCUT2D eigenvalue weighted by atomic mass is 16.5. The van der Waals surface area contributed by atoms with Crippen molar-refractivity contribution >= 4 is 22.8 Å². The number of amidine groups is 1. The fraction of sp³-hybridized carbons (Fsp3) is 0.304. The van der Waals surface area contributed by atoms with E-state index < -0.39 is 6.03 Å². The van der Waals surface area contributed by atoms with Gasteiger partial charge in [-0.3, -0.25) is 15.3 Å². The SMILES string of the molecule is CC(C)(C)/C(N)=C/C(=N)NC(=O)n1ccc2cc(Oc3ncnc4c3CCNC4)ccc21. The van der Waals surface area contributed by atoms with E-state index >= 15 is 0 Å². The van der Waals surface area contributed by atoms with E-state index in [1.807, 2.05) is 39.0 Å². The van der Waals surface area contributed by atoms with E-state index in [0.717, 1.165) is 29.6 Å². The van der Waals surface area contributed by atoms with E-state index in [1.54, 1.807) is 12.3 Å². The molecule has 1 aliphatic rings. The van der Waals surface area contributed by atoms with Crippen LogP contribution >= 0.6 is 0 Å². The monoisotopic (exact) mass is 433 g/mol. The first-order valence-electron chi connectivity index (χ1n) is 10.4. The Labute approximate surface area is 186 Å². The third kappa shape index (κ3) is 4.47. The lowest BCUT2D eigenvalue weighted by molar-refractivity contribution is 0.247. The van der Waals surface area contributed by atoms with Crippen molar-refractivity contribution in [1.29, 1.82) is 5.41 Å². The lowest BCUT2D eigenvalue weighted by atomic mass is 9.92. The van der Waals surface area contributed by atoms with Gasteiger partial charge in [0.25, 0.3) is 0 Å². The van der Waals surface area contributed by atoms with Crippen molar-refractivity contribution in [1.82, 2.24) is 25.2 Å². The average molecular weight is 434 g/mol. The van der Waals surface area contributed by atoms with Crippen LogP contribution in [-0.4, -0.2) is 32.9 Å². The molecule has 3 aromatic rings. The lowest BCUT2D eigenvalue weighted by Gasteiger charge is -2.19. The number of aromatic nitrogens is 3. The van der Waals surface area contributed by atoms with Crippen LogP contribution in [0.2, 0.25) is 0 Å². The number of amides is 1. The van der Waals surface area contributed by atoms with E-state index in [1.165, 1.54) is 17.0 Å². The highest BCUT2D eigenvalue weighted by Crippen LogP contribution is 2.29. The molecule has 1 amide bonds. The molecule has 0 unspecified atom stereocenters. The molecule has 0 fully saturated rings. The summed E-state index contributed by atoms with van der Waals surface area (Å²) in [5.74, 6) is 1.13. The van der Waals surface area contributed by atoms with Crippen LogP contribution in [0.3, 0.4) is 0 Å². The molecule has 1 aromatic carbocycles. The summed E-state index contributed by atoms with van der Waals surface area (Å²) in [5.41, 5.74) is 8.90. The number of hydrogen-bond donors (Lipinski definition) is 4. The van der Waals surface area contributed by atoms with Gasteiger partial charge in [0.2, 0.25) is 5.88 Å². The minimum atomic E-state index is -0.436. The highest BCUT2D eigenvalue weighted by Gasteiger charge is 2.18. The van der Waals surface area contributed by atoms with Gasteiger partial charge in [-0.05, 0) is 43.3 Å². The zero-order chi connectivity index (χ0) is 22.9. The molecule has 4 rings (SSSR count). The molecule has 0 radical (unpaired) electrons. The minimum Gasteiger partial charge on any atom is -0.439 e. The van der Waals surface area contributed by atoms with Crippen molar-refractivity contribution in [2.75, 3.05) is 6.54 Å². The number of benzene rings is 1. The van der Waals surface area contributed by atoms with Crippen LogP contribution < -0.4 is 21.1 Å². The van der Waals surface area contributed by atoms with Crippen LogP contribution in [-0.2, 0) is 13.0 Å². The molecule has 0 bridgehead atoms. The van der Waals surface area contributed by atoms with Crippen molar-refractivity contribution < 1.29 is 9.53 Å². The molecule has 3 heterocycles. The fourth-order valence-corrected chi connectivity index (χ4v) is 3.40. The predicted molar refractivity (Wildman–Crippen MR) is 123 cm³/mol. The van der Waals surface area contributed by atoms with Crippen molar-refractivity contribution in [3.63, 3.8) is 0 Å². The number of nitrogens with one attached hydrogen (secondary N) is 3. The van der Waals surface area contributed by atoms with Crippen LogP contribution in [0, 0.1) is 10.8 Å².